The predicted octanol–water partition coefficient (Wildman–Crippen LogP) is 3.19. The number of piperidine rings is 1. The average Bonchev–Trinajstić information content (AvgIpc) is 2.96. The van der Waals surface area contributed by atoms with Gasteiger partial charge in [-0.3, -0.25) is 4.79 Å². The van der Waals surface area contributed by atoms with E-state index >= 15 is 0 Å². The number of carbonyl (C=O) groups excluding carboxylic acids is 1. The number of nitrogens with zero attached hydrogens (tertiary/aromatic N) is 3. The van der Waals surface area contributed by atoms with Crippen molar-refractivity contribution in [2.75, 3.05) is 20.1 Å². The van der Waals surface area contributed by atoms with Crippen molar-refractivity contribution >= 4 is 34.2 Å². The summed E-state index contributed by atoms with van der Waals surface area (Å²) in [5.41, 5.74) is 2.50. The molecule has 1 aliphatic rings. The summed E-state index contributed by atoms with van der Waals surface area (Å²) in [6, 6.07) is 8.21. The first-order chi connectivity index (χ1) is 11.1. The summed E-state index contributed by atoms with van der Waals surface area (Å²) in [5.74, 6) is 0.0535. The van der Waals surface area contributed by atoms with Crippen LogP contribution in [-0.4, -0.2) is 46.8 Å². The molecule has 1 N–H and O–H groups in total. The summed E-state index contributed by atoms with van der Waals surface area (Å²) in [7, 11) is 1.90. The van der Waals surface area contributed by atoms with Crippen molar-refractivity contribution in [3.63, 3.8) is 0 Å². The van der Waals surface area contributed by atoms with Crippen LogP contribution < -0.4 is 5.32 Å². The summed E-state index contributed by atoms with van der Waals surface area (Å²) in [6.45, 7) is 3.89. The summed E-state index contributed by atoms with van der Waals surface area (Å²) < 4.78 is 2.84. The second-order valence-electron chi connectivity index (χ2n) is 5.93. The molecule has 0 aliphatic carbocycles. The Morgan fingerprint density at radius 3 is 2.54 bits per heavy atom. The Bertz CT molecular complexity index is 695. The third-order valence-corrected chi connectivity index (χ3v) is 5.02. The van der Waals surface area contributed by atoms with Gasteiger partial charge in [0.25, 0.3) is 5.91 Å². The van der Waals surface area contributed by atoms with Crippen molar-refractivity contribution in [3.8, 4) is 5.69 Å². The molecular formula is C17H22BrClN4O. The Hall–Kier alpha value is -1.37. The fraction of sp³-hybridized carbons (Fsp3) is 0.412. The van der Waals surface area contributed by atoms with E-state index in [0.717, 1.165) is 41.8 Å². The molecule has 0 radical (unpaired) electrons. The first-order valence-electron chi connectivity index (χ1n) is 7.86. The van der Waals surface area contributed by atoms with Crippen molar-refractivity contribution in [3.05, 3.63) is 46.2 Å². The molecule has 1 aromatic heterocycles. The normalized spacial score (nSPS) is 15.0. The van der Waals surface area contributed by atoms with Gasteiger partial charge in [-0.2, -0.15) is 5.10 Å². The van der Waals surface area contributed by atoms with E-state index in [9.17, 15) is 4.79 Å². The molecule has 5 nitrogen and oxygen atoms in total. The molecule has 0 unspecified atom stereocenters. The van der Waals surface area contributed by atoms with Crippen molar-refractivity contribution in [1.29, 1.82) is 0 Å². The van der Waals surface area contributed by atoms with Crippen LogP contribution in [0.5, 0.6) is 0 Å². The Morgan fingerprint density at radius 2 is 1.92 bits per heavy atom. The van der Waals surface area contributed by atoms with Gasteiger partial charge in [-0.1, -0.05) is 15.9 Å². The highest BCUT2D eigenvalue weighted by molar-refractivity contribution is 9.10. The number of halogens is 2. The van der Waals surface area contributed by atoms with Crippen molar-refractivity contribution in [2.24, 2.45) is 0 Å². The largest absolute Gasteiger partial charge is 0.339 e. The second-order valence-corrected chi connectivity index (χ2v) is 6.84. The predicted molar refractivity (Wildman–Crippen MR) is 101 cm³/mol. The highest BCUT2D eigenvalue weighted by Crippen LogP contribution is 2.20. The Balaban J connectivity index is 0.00000208. The molecule has 1 amide bonds. The molecule has 2 heterocycles. The molecule has 1 saturated heterocycles. The van der Waals surface area contributed by atoms with E-state index in [1.165, 1.54) is 0 Å². The van der Waals surface area contributed by atoms with Gasteiger partial charge in [0.15, 0.2) is 0 Å². The molecule has 24 heavy (non-hydrogen) atoms. The SMILES string of the molecule is Cc1c(C(=O)N(C)C2CCNCC2)cnn1-c1ccc(Br)cc1.Cl. The molecule has 1 aromatic carbocycles. The number of hydrogen-bond donors (Lipinski definition) is 1. The van der Waals surface area contributed by atoms with Crippen molar-refractivity contribution in [2.45, 2.75) is 25.8 Å². The summed E-state index contributed by atoms with van der Waals surface area (Å²) >= 11 is 3.43. The van der Waals surface area contributed by atoms with E-state index in [2.05, 4.69) is 26.3 Å². The smallest absolute Gasteiger partial charge is 0.257 e. The first kappa shape index (κ1) is 19.0. The Labute approximate surface area is 157 Å². The van der Waals surface area contributed by atoms with Gasteiger partial charge in [-0.15, -0.1) is 12.4 Å². The van der Waals surface area contributed by atoms with Crippen LogP contribution in [-0.2, 0) is 0 Å². The highest BCUT2D eigenvalue weighted by Gasteiger charge is 2.25. The summed E-state index contributed by atoms with van der Waals surface area (Å²) in [5, 5.41) is 7.74. The molecule has 0 bridgehead atoms. The van der Waals surface area contributed by atoms with Gasteiger partial charge in [0.2, 0.25) is 0 Å². The number of hydrogen-bond acceptors (Lipinski definition) is 3. The van der Waals surface area contributed by atoms with Gasteiger partial charge < -0.3 is 10.2 Å². The van der Waals surface area contributed by atoms with Gasteiger partial charge in [-0.25, -0.2) is 4.68 Å². The zero-order chi connectivity index (χ0) is 16.4. The zero-order valence-corrected chi connectivity index (χ0v) is 16.2. The lowest BCUT2D eigenvalue weighted by atomic mass is 10.0. The quantitative estimate of drug-likeness (QED) is 0.841. The third kappa shape index (κ3) is 3.82. The van der Waals surface area contributed by atoms with Crippen LogP contribution in [0, 0.1) is 6.92 Å². The van der Waals surface area contributed by atoms with E-state index in [1.54, 1.807) is 6.20 Å². The molecule has 1 aliphatic heterocycles. The minimum atomic E-state index is 0. The monoisotopic (exact) mass is 412 g/mol. The first-order valence-corrected chi connectivity index (χ1v) is 8.65. The maximum Gasteiger partial charge on any atom is 0.257 e. The Kier molecular flexibility index (Phi) is 6.43. The third-order valence-electron chi connectivity index (χ3n) is 4.49. The number of carbonyl (C=O) groups is 1. The molecule has 0 saturated carbocycles. The number of nitrogens with one attached hydrogen (secondary N) is 1. The maximum atomic E-state index is 12.8. The van der Waals surface area contributed by atoms with Gasteiger partial charge in [0.1, 0.15) is 0 Å². The molecular weight excluding hydrogens is 392 g/mol. The van der Waals surface area contributed by atoms with Crippen LogP contribution in [0.2, 0.25) is 0 Å². The minimum absolute atomic E-state index is 0. The Morgan fingerprint density at radius 1 is 1.29 bits per heavy atom. The molecule has 1 fully saturated rings. The second kappa shape index (κ2) is 8.14. The zero-order valence-electron chi connectivity index (χ0n) is 13.8. The summed E-state index contributed by atoms with van der Waals surface area (Å²) in [6.07, 6.45) is 3.68. The molecule has 130 valence electrons. The van der Waals surface area contributed by atoms with E-state index < -0.39 is 0 Å². The maximum absolute atomic E-state index is 12.8. The molecule has 3 rings (SSSR count). The van der Waals surface area contributed by atoms with Crippen LogP contribution in [0.25, 0.3) is 5.69 Å². The van der Waals surface area contributed by atoms with Crippen LogP contribution in [0.1, 0.15) is 28.9 Å². The number of rotatable bonds is 3. The molecule has 2 aromatic rings. The lowest BCUT2D eigenvalue weighted by Gasteiger charge is -2.31. The van der Waals surface area contributed by atoms with E-state index in [0.29, 0.717) is 11.6 Å². The van der Waals surface area contributed by atoms with Gasteiger partial charge in [0.05, 0.1) is 23.1 Å². The molecule has 7 heteroatoms. The number of amides is 1. The fourth-order valence-corrected chi connectivity index (χ4v) is 3.28. The minimum Gasteiger partial charge on any atom is -0.339 e. The topological polar surface area (TPSA) is 50.2 Å². The van der Waals surface area contributed by atoms with Crippen LogP contribution in [0.15, 0.2) is 34.9 Å². The standard InChI is InChI=1S/C17H21BrN4O.ClH/c1-12-16(17(23)21(2)14-7-9-19-10-8-14)11-20-22(12)15-5-3-13(18)4-6-15;/h3-6,11,14,19H,7-10H2,1-2H3;1H. The number of aromatic nitrogens is 2. The average molecular weight is 414 g/mol. The lowest BCUT2D eigenvalue weighted by molar-refractivity contribution is 0.0702. The highest BCUT2D eigenvalue weighted by atomic mass is 79.9. The number of benzene rings is 1. The van der Waals surface area contributed by atoms with Gasteiger partial charge >= 0.3 is 0 Å². The van der Waals surface area contributed by atoms with Gasteiger partial charge in [0, 0.05) is 17.6 Å². The summed E-state index contributed by atoms with van der Waals surface area (Å²) in [4.78, 5) is 14.7. The molecule has 0 spiro atoms. The van der Waals surface area contributed by atoms with Crippen molar-refractivity contribution in [1.82, 2.24) is 20.0 Å². The van der Waals surface area contributed by atoms with Crippen molar-refractivity contribution < 1.29 is 4.79 Å². The fourth-order valence-electron chi connectivity index (χ4n) is 3.01. The van der Waals surface area contributed by atoms with Crippen LogP contribution in [0.4, 0.5) is 0 Å². The van der Waals surface area contributed by atoms with Gasteiger partial charge in [-0.05, 0) is 57.1 Å². The van der Waals surface area contributed by atoms with Crippen LogP contribution >= 0.6 is 28.3 Å². The van der Waals surface area contributed by atoms with E-state index in [-0.39, 0.29) is 18.3 Å². The van der Waals surface area contributed by atoms with E-state index in [1.807, 2.05) is 47.8 Å². The van der Waals surface area contributed by atoms with Crippen LogP contribution in [0.3, 0.4) is 0 Å². The molecule has 0 atom stereocenters. The lowest BCUT2D eigenvalue weighted by Crippen LogP contribution is -2.44. The van der Waals surface area contributed by atoms with E-state index in [4.69, 9.17) is 0 Å².